The van der Waals surface area contributed by atoms with Crippen LogP contribution in [0.5, 0.6) is 0 Å². The molecule has 0 aliphatic rings. The number of benzene rings is 3. The fourth-order valence-corrected chi connectivity index (χ4v) is 3.58. The highest BCUT2D eigenvalue weighted by Crippen LogP contribution is 2.28. The van der Waals surface area contributed by atoms with Crippen molar-refractivity contribution in [2.75, 3.05) is 5.32 Å². The minimum Gasteiger partial charge on any atom is -0.478 e. The lowest BCUT2D eigenvalue weighted by Gasteiger charge is -2.10. The van der Waals surface area contributed by atoms with Crippen molar-refractivity contribution in [3.63, 3.8) is 0 Å². The van der Waals surface area contributed by atoms with Gasteiger partial charge in [-0.2, -0.15) is 0 Å². The Labute approximate surface area is 163 Å². The largest absolute Gasteiger partial charge is 0.478 e. The smallest absolute Gasteiger partial charge is 0.337 e. The van der Waals surface area contributed by atoms with E-state index in [0.717, 1.165) is 9.79 Å². The van der Waals surface area contributed by atoms with Gasteiger partial charge in [0.2, 0.25) is 0 Å². The van der Waals surface area contributed by atoms with Gasteiger partial charge < -0.3 is 10.4 Å². The van der Waals surface area contributed by atoms with E-state index in [4.69, 9.17) is 0 Å². The number of aromatic carboxylic acids is 1. The molecule has 0 unspecified atom stereocenters. The Morgan fingerprint density at radius 1 is 0.885 bits per heavy atom. The van der Waals surface area contributed by atoms with E-state index < -0.39 is 5.97 Å². The lowest BCUT2D eigenvalue weighted by molar-refractivity contribution is 0.0698. The first-order valence-electron chi connectivity index (χ1n) is 7.70. The molecule has 0 atom stereocenters. The van der Waals surface area contributed by atoms with Crippen molar-refractivity contribution in [2.24, 2.45) is 0 Å². The van der Waals surface area contributed by atoms with Crippen LogP contribution in [0.15, 0.2) is 87.1 Å². The molecule has 26 heavy (non-hydrogen) atoms. The van der Waals surface area contributed by atoms with E-state index in [2.05, 4.69) is 21.2 Å². The normalized spacial score (nSPS) is 10.3. The van der Waals surface area contributed by atoms with E-state index in [9.17, 15) is 14.7 Å². The number of hydrogen-bond acceptors (Lipinski definition) is 3. The quantitative estimate of drug-likeness (QED) is 0.559. The molecule has 130 valence electrons. The zero-order chi connectivity index (χ0) is 18.5. The number of nitrogens with one attached hydrogen (secondary N) is 1. The first-order valence-corrected chi connectivity index (χ1v) is 9.31. The van der Waals surface area contributed by atoms with Crippen LogP contribution in [-0.4, -0.2) is 17.0 Å². The lowest BCUT2D eigenvalue weighted by atomic mass is 10.1. The van der Waals surface area contributed by atoms with E-state index in [0.29, 0.717) is 10.0 Å². The van der Waals surface area contributed by atoms with Gasteiger partial charge in [-0.05, 0) is 48.5 Å². The number of hydrogen-bond donors (Lipinski definition) is 2. The molecule has 3 aromatic rings. The standard InChI is InChI=1S/C20H14BrNO3S/c21-14-9-10-18(17(12-14)20(24)25)22-19(23)13-5-4-8-16(11-13)26-15-6-2-1-3-7-15/h1-12H,(H,22,23)(H,24,25). The minimum absolute atomic E-state index is 0.0301. The fourth-order valence-electron chi connectivity index (χ4n) is 2.32. The van der Waals surface area contributed by atoms with Crippen LogP contribution in [0.2, 0.25) is 0 Å². The van der Waals surface area contributed by atoms with Gasteiger partial charge >= 0.3 is 5.97 Å². The number of anilines is 1. The van der Waals surface area contributed by atoms with Gasteiger partial charge in [-0.1, -0.05) is 52.0 Å². The van der Waals surface area contributed by atoms with Gasteiger partial charge in [-0.3, -0.25) is 4.79 Å². The molecule has 0 saturated heterocycles. The van der Waals surface area contributed by atoms with Crippen LogP contribution in [-0.2, 0) is 0 Å². The molecule has 0 bridgehead atoms. The average Bonchev–Trinajstić information content (AvgIpc) is 2.64. The number of carbonyl (C=O) groups is 2. The predicted octanol–water partition coefficient (Wildman–Crippen LogP) is 5.55. The SMILES string of the molecule is O=C(Nc1ccc(Br)cc1C(=O)O)c1cccc(Sc2ccccc2)c1. The molecular weight excluding hydrogens is 414 g/mol. The van der Waals surface area contributed by atoms with Crippen molar-refractivity contribution in [3.8, 4) is 0 Å². The molecule has 3 aromatic carbocycles. The lowest BCUT2D eigenvalue weighted by Crippen LogP contribution is -2.14. The second-order valence-electron chi connectivity index (χ2n) is 5.39. The zero-order valence-electron chi connectivity index (χ0n) is 13.5. The van der Waals surface area contributed by atoms with E-state index in [1.54, 1.807) is 42.1 Å². The van der Waals surface area contributed by atoms with Crippen LogP contribution in [0, 0.1) is 0 Å². The highest BCUT2D eigenvalue weighted by atomic mass is 79.9. The summed E-state index contributed by atoms with van der Waals surface area (Å²) < 4.78 is 0.633. The van der Waals surface area contributed by atoms with Crippen molar-refractivity contribution < 1.29 is 14.7 Å². The Kier molecular flexibility index (Phi) is 5.75. The predicted molar refractivity (Wildman–Crippen MR) is 106 cm³/mol. The van der Waals surface area contributed by atoms with Crippen molar-refractivity contribution in [1.82, 2.24) is 0 Å². The van der Waals surface area contributed by atoms with Gasteiger partial charge in [0.05, 0.1) is 11.3 Å². The Morgan fingerprint density at radius 2 is 1.62 bits per heavy atom. The van der Waals surface area contributed by atoms with Gasteiger partial charge in [0.15, 0.2) is 0 Å². The summed E-state index contributed by atoms with van der Waals surface area (Å²) in [6.07, 6.45) is 0. The van der Waals surface area contributed by atoms with Gasteiger partial charge in [0, 0.05) is 19.8 Å². The van der Waals surface area contributed by atoms with Crippen LogP contribution < -0.4 is 5.32 Å². The van der Waals surface area contributed by atoms with Crippen molar-refractivity contribution >= 4 is 45.3 Å². The summed E-state index contributed by atoms with van der Waals surface area (Å²) in [6, 6.07) is 21.8. The Bertz CT molecular complexity index is 960. The minimum atomic E-state index is -1.10. The topological polar surface area (TPSA) is 66.4 Å². The van der Waals surface area contributed by atoms with Crippen LogP contribution >= 0.6 is 27.7 Å². The summed E-state index contributed by atoms with van der Waals surface area (Å²) in [4.78, 5) is 25.9. The summed E-state index contributed by atoms with van der Waals surface area (Å²) in [7, 11) is 0. The molecule has 0 saturated carbocycles. The number of carbonyl (C=O) groups excluding carboxylic acids is 1. The Balaban J connectivity index is 1.81. The third-order valence-electron chi connectivity index (χ3n) is 3.54. The number of halogens is 1. The average molecular weight is 428 g/mol. The first kappa shape index (κ1) is 18.2. The molecule has 0 aliphatic carbocycles. The van der Waals surface area contributed by atoms with Gasteiger partial charge in [0.1, 0.15) is 0 Å². The molecule has 0 aromatic heterocycles. The third-order valence-corrected chi connectivity index (χ3v) is 5.03. The second kappa shape index (κ2) is 8.21. The van der Waals surface area contributed by atoms with Crippen molar-refractivity contribution in [2.45, 2.75) is 9.79 Å². The molecular formula is C20H14BrNO3S. The molecule has 0 spiro atoms. The van der Waals surface area contributed by atoms with E-state index in [-0.39, 0.29) is 17.2 Å². The molecule has 2 N–H and O–H groups in total. The van der Waals surface area contributed by atoms with Crippen LogP contribution in [0.3, 0.4) is 0 Å². The van der Waals surface area contributed by atoms with E-state index >= 15 is 0 Å². The molecule has 0 radical (unpaired) electrons. The highest BCUT2D eigenvalue weighted by molar-refractivity contribution is 9.10. The van der Waals surface area contributed by atoms with E-state index in [1.807, 2.05) is 36.4 Å². The van der Waals surface area contributed by atoms with Crippen LogP contribution in [0.1, 0.15) is 20.7 Å². The Morgan fingerprint density at radius 3 is 2.35 bits per heavy atom. The Hall–Kier alpha value is -2.57. The maximum Gasteiger partial charge on any atom is 0.337 e. The van der Waals surface area contributed by atoms with Crippen molar-refractivity contribution in [1.29, 1.82) is 0 Å². The molecule has 0 aliphatic heterocycles. The monoisotopic (exact) mass is 427 g/mol. The van der Waals surface area contributed by atoms with Crippen LogP contribution in [0.4, 0.5) is 5.69 Å². The van der Waals surface area contributed by atoms with Gasteiger partial charge in [0.25, 0.3) is 5.91 Å². The summed E-state index contributed by atoms with van der Waals surface area (Å²) >= 11 is 4.79. The molecule has 3 rings (SSSR count). The number of amides is 1. The summed E-state index contributed by atoms with van der Waals surface area (Å²) in [5.41, 5.74) is 0.750. The van der Waals surface area contributed by atoms with E-state index in [1.165, 1.54) is 6.07 Å². The summed E-state index contributed by atoms with van der Waals surface area (Å²) in [5, 5.41) is 12.0. The third kappa shape index (κ3) is 4.53. The molecule has 0 fully saturated rings. The maximum atomic E-state index is 12.6. The van der Waals surface area contributed by atoms with Crippen molar-refractivity contribution in [3.05, 3.63) is 88.4 Å². The maximum absolute atomic E-state index is 12.6. The molecule has 4 nitrogen and oxygen atoms in total. The van der Waals surface area contributed by atoms with Gasteiger partial charge in [-0.25, -0.2) is 4.79 Å². The summed E-state index contributed by atoms with van der Waals surface area (Å²) in [6.45, 7) is 0. The second-order valence-corrected chi connectivity index (χ2v) is 7.45. The zero-order valence-corrected chi connectivity index (χ0v) is 15.9. The molecule has 0 heterocycles. The number of rotatable bonds is 5. The van der Waals surface area contributed by atoms with Gasteiger partial charge in [-0.15, -0.1) is 0 Å². The summed E-state index contributed by atoms with van der Waals surface area (Å²) in [5.74, 6) is -1.46. The first-order chi connectivity index (χ1) is 12.5. The number of carboxylic acid groups (broad SMARTS) is 1. The van der Waals surface area contributed by atoms with Crippen LogP contribution in [0.25, 0.3) is 0 Å². The highest BCUT2D eigenvalue weighted by Gasteiger charge is 2.14. The molecule has 1 amide bonds. The fraction of sp³-hybridized carbons (Fsp3) is 0. The molecule has 6 heteroatoms. The number of carboxylic acids is 1.